The number of primary sulfonamides is 1. The number of carbonyl (C=O) groups excluding carboxylic acids is 2. The molecule has 10 nitrogen and oxygen atoms in total. The number of ether oxygens (including phenoxy) is 2. The van der Waals surface area contributed by atoms with E-state index in [9.17, 15) is 18.0 Å². The Hall–Kier alpha value is -4.35. The number of carbonyl (C=O) groups is 2. The number of nitrogens with two attached hydrogens (primary N) is 1. The van der Waals surface area contributed by atoms with Gasteiger partial charge in [-0.05, 0) is 65.8 Å². The largest absolute Gasteiger partial charge is 0.493 e. The molecule has 0 radical (unpaired) electrons. The van der Waals surface area contributed by atoms with Crippen molar-refractivity contribution in [2.24, 2.45) is 10.6 Å². The first-order chi connectivity index (χ1) is 20.9. The average molecular weight is 619 g/mol. The van der Waals surface area contributed by atoms with Crippen molar-refractivity contribution in [3.8, 4) is 11.5 Å². The van der Waals surface area contributed by atoms with Gasteiger partial charge in [0.15, 0.2) is 17.3 Å². The highest BCUT2D eigenvalue weighted by Crippen LogP contribution is 2.49. The number of benzene rings is 3. The highest BCUT2D eigenvalue weighted by atomic mass is 32.2. The Labute approximate surface area is 258 Å². The van der Waals surface area contributed by atoms with Crippen LogP contribution >= 0.6 is 0 Å². The molecule has 3 aromatic carbocycles. The predicted octanol–water partition coefficient (Wildman–Crippen LogP) is 4.33. The lowest BCUT2D eigenvalue weighted by molar-refractivity contribution is -0.120. The van der Waals surface area contributed by atoms with Crippen molar-refractivity contribution in [1.29, 1.82) is 0 Å². The lowest BCUT2D eigenvalue weighted by Gasteiger charge is -2.38. The number of hydrogen-bond acceptors (Lipinski definition) is 8. The van der Waals surface area contributed by atoms with Gasteiger partial charge in [-0.2, -0.15) is 0 Å². The zero-order valence-corrected chi connectivity index (χ0v) is 26.2. The van der Waals surface area contributed by atoms with Crippen LogP contribution in [-0.2, 0) is 26.0 Å². The van der Waals surface area contributed by atoms with Gasteiger partial charge < -0.3 is 25.0 Å². The van der Waals surface area contributed by atoms with Crippen LogP contribution in [0.2, 0.25) is 0 Å². The molecule has 2 aliphatic rings. The Kier molecular flexibility index (Phi) is 8.71. The highest BCUT2D eigenvalue weighted by Gasteiger charge is 2.42. The summed E-state index contributed by atoms with van der Waals surface area (Å²) in [6, 6.07) is 19.0. The molecule has 11 heteroatoms. The first-order valence-corrected chi connectivity index (χ1v) is 15.9. The number of allylic oxidation sites excluding steroid dienone is 1. The Morgan fingerprint density at radius 1 is 1.02 bits per heavy atom. The number of hydrogen-bond donors (Lipinski definition) is 3. The van der Waals surface area contributed by atoms with Gasteiger partial charge in [-0.15, -0.1) is 0 Å². The van der Waals surface area contributed by atoms with Crippen LogP contribution in [0.3, 0.4) is 0 Å². The van der Waals surface area contributed by atoms with Gasteiger partial charge in [0.05, 0.1) is 43.1 Å². The molecule has 1 aliphatic carbocycles. The van der Waals surface area contributed by atoms with Crippen LogP contribution in [0.1, 0.15) is 43.9 Å². The maximum absolute atomic E-state index is 13.9. The molecule has 1 unspecified atom stereocenters. The molecular formula is C33H38N4O6S. The SMILES string of the molecule is COc1ccc(C2C3=C(CC(C)(C)CC3=O)Nc3ccccc3N2CC(=O)NCCc2ccc(S(N)(=O)=O)cc2)cc1OC. The molecule has 1 heterocycles. The van der Waals surface area contributed by atoms with Crippen molar-refractivity contribution < 1.29 is 27.5 Å². The van der Waals surface area contributed by atoms with Crippen molar-refractivity contribution in [1.82, 2.24) is 5.32 Å². The Morgan fingerprint density at radius 3 is 2.41 bits per heavy atom. The van der Waals surface area contributed by atoms with Gasteiger partial charge in [-0.1, -0.05) is 44.2 Å². The van der Waals surface area contributed by atoms with Crippen LogP contribution < -0.4 is 30.1 Å². The van der Waals surface area contributed by atoms with Crippen molar-refractivity contribution in [2.45, 2.75) is 44.0 Å². The average Bonchev–Trinajstić information content (AvgIpc) is 3.10. The summed E-state index contributed by atoms with van der Waals surface area (Å²) in [5.41, 5.74) is 4.52. The highest BCUT2D eigenvalue weighted by molar-refractivity contribution is 7.89. The number of ketones is 1. The standard InChI is InChI=1S/C33H38N4O6S/c1-33(2)18-25-31(27(38)19-33)32(22-11-14-28(42-3)29(17-22)43-4)37(26-8-6-5-7-24(26)36-25)20-30(39)35-16-15-21-9-12-23(13-10-21)44(34,40)41/h5-14,17,32,36H,15-16,18-20H2,1-4H3,(H,35,39)(H2,34,40,41). The summed E-state index contributed by atoms with van der Waals surface area (Å²) in [6.07, 6.45) is 1.56. The fraction of sp³-hybridized carbons (Fsp3) is 0.333. The third-order valence-electron chi connectivity index (χ3n) is 8.03. The molecule has 0 bridgehead atoms. The second-order valence-electron chi connectivity index (χ2n) is 11.9. The number of nitrogens with zero attached hydrogens (tertiary/aromatic N) is 1. The first kappa shape index (κ1) is 31.1. The third kappa shape index (κ3) is 6.58. The Morgan fingerprint density at radius 2 is 1.73 bits per heavy atom. The van der Waals surface area contributed by atoms with Crippen molar-refractivity contribution >= 4 is 33.1 Å². The summed E-state index contributed by atoms with van der Waals surface area (Å²) in [7, 11) is -0.637. The molecule has 0 fully saturated rings. The molecule has 44 heavy (non-hydrogen) atoms. The van der Waals surface area contributed by atoms with Crippen LogP contribution in [0.5, 0.6) is 11.5 Å². The van der Waals surface area contributed by atoms with E-state index in [4.69, 9.17) is 14.6 Å². The van der Waals surface area contributed by atoms with E-state index in [2.05, 4.69) is 24.5 Å². The molecule has 0 saturated heterocycles. The van der Waals surface area contributed by atoms with E-state index in [1.165, 1.54) is 12.1 Å². The molecule has 5 rings (SSSR count). The van der Waals surface area contributed by atoms with Crippen molar-refractivity contribution in [3.63, 3.8) is 0 Å². The minimum Gasteiger partial charge on any atom is -0.493 e. The van der Waals surface area contributed by atoms with Crippen molar-refractivity contribution in [3.05, 3.63) is 89.1 Å². The van der Waals surface area contributed by atoms with Crippen molar-refractivity contribution in [2.75, 3.05) is 37.5 Å². The fourth-order valence-electron chi connectivity index (χ4n) is 6.00. The molecule has 1 atom stereocenters. The fourth-order valence-corrected chi connectivity index (χ4v) is 6.51. The van der Waals surface area contributed by atoms with E-state index >= 15 is 0 Å². The molecule has 4 N–H and O–H groups in total. The van der Waals surface area contributed by atoms with Crippen LogP contribution in [0, 0.1) is 5.41 Å². The monoisotopic (exact) mass is 618 g/mol. The molecule has 0 aromatic heterocycles. The normalized spacial score (nSPS) is 17.6. The zero-order chi connectivity index (χ0) is 31.6. The van der Waals surface area contributed by atoms with Crippen LogP contribution in [0.15, 0.2) is 82.9 Å². The second kappa shape index (κ2) is 12.3. The summed E-state index contributed by atoms with van der Waals surface area (Å²) in [5, 5.41) is 11.7. The van der Waals surface area contributed by atoms with E-state index in [1.54, 1.807) is 26.4 Å². The molecule has 0 saturated carbocycles. The number of para-hydroxylation sites is 2. The van der Waals surface area contributed by atoms with E-state index in [0.717, 1.165) is 28.2 Å². The van der Waals surface area contributed by atoms with Gasteiger partial charge >= 0.3 is 0 Å². The third-order valence-corrected chi connectivity index (χ3v) is 8.96. The lowest BCUT2D eigenvalue weighted by atomic mass is 9.73. The first-order valence-electron chi connectivity index (χ1n) is 14.4. The second-order valence-corrected chi connectivity index (χ2v) is 13.5. The van der Waals surface area contributed by atoms with Gasteiger partial charge in [-0.3, -0.25) is 9.59 Å². The predicted molar refractivity (Wildman–Crippen MR) is 169 cm³/mol. The smallest absolute Gasteiger partial charge is 0.239 e. The van der Waals surface area contributed by atoms with Crippen LogP contribution in [0.4, 0.5) is 11.4 Å². The minimum atomic E-state index is -3.78. The maximum atomic E-state index is 13.9. The lowest BCUT2D eigenvalue weighted by Crippen LogP contribution is -2.42. The molecule has 0 spiro atoms. The summed E-state index contributed by atoms with van der Waals surface area (Å²) >= 11 is 0. The molecular weight excluding hydrogens is 580 g/mol. The number of amides is 1. The topological polar surface area (TPSA) is 140 Å². The molecule has 1 amide bonds. The van der Waals surface area contributed by atoms with Crippen LogP contribution in [0.25, 0.3) is 0 Å². The maximum Gasteiger partial charge on any atom is 0.239 e. The van der Waals surface area contributed by atoms with Gasteiger partial charge in [0.1, 0.15) is 0 Å². The number of sulfonamides is 1. The molecule has 1 aliphatic heterocycles. The van der Waals surface area contributed by atoms with E-state index < -0.39 is 16.1 Å². The van der Waals surface area contributed by atoms with E-state index in [1.807, 2.05) is 47.4 Å². The van der Waals surface area contributed by atoms with Gasteiger partial charge in [0, 0.05) is 24.2 Å². The Balaban J connectivity index is 1.49. The number of Topliss-reactive ketones (excluding diaryl/α,β-unsaturated/α-hetero) is 1. The molecule has 3 aromatic rings. The van der Waals surface area contributed by atoms with Gasteiger partial charge in [-0.25, -0.2) is 13.6 Å². The summed E-state index contributed by atoms with van der Waals surface area (Å²) in [6.45, 7) is 4.50. The van der Waals surface area contributed by atoms with Crippen LogP contribution in [-0.4, -0.2) is 47.4 Å². The quantitative estimate of drug-likeness (QED) is 0.322. The summed E-state index contributed by atoms with van der Waals surface area (Å²) < 4.78 is 34.2. The number of anilines is 2. The minimum absolute atomic E-state index is 0.0183. The zero-order valence-electron chi connectivity index (χ0n) is 25.3. The summed E-state index contributed by atoms with van der Waals surface area (Å²) in [5.74, 6) is 0.901. The summed E-state index contributed by atoms with van der Waals surface area (Å²) in [4.78, 5) is 29.5. The van der Waals surface area contributed by atoms with E-state index in [0.29, 0.717) is 42.9 Å². The van der Waals surface area contributed by atoms with Gasteiger partial charge in [0.25, 0.3) is 0 Å². The number of nitrogens with one attached hydrogen (secondary N) is 2. The molecule has 232 valence electrons. The van der Waals surface area contributed by atoms with Gasteiger partial charge in [0.2, 0.25) is 15.9 Å². The number of rotatable bonds is 9. The van der Waals surface area contributed by atoms with E-state index in [-0.39, 0.29) is 28.5 Å². The number of methoxy groups -OCH3 is 2. The Bertz CT molecular complexity index is 1720. The number of fused-ring (bicyclic) bond motifs is 1.